The molecule has 0 fully saturated rings. The number of benzene rings is 1. The Morgan fingerprint density at radius 2 is 2.16 bits per heavy atom. The molecule has 0 aliphatic carbocycles. The van der Waals surface area contributed by atoms with Crippen LogP contribution in [0.2, 0.25) is 0 Å². The minimum absolute atomic E-state index is 0.0416. The number of anilines is 3. The van der Waals surface area contributed by atoms with Gasteiger partial charge >= 0.3 is 0 Å². The molecule has 0 aliphatic rings. The third kappa shape index (κ3) is 3.82. The van der Waals surface area contributed by atoms with Crippen molar-refractivity contribution in [3.8, 4) is 5.75 Å². The Morgan fingerprint density at radius 3 is 2.84 bits per heavy atom. The Hall–Kier alpha value is -2.34. The molecule has 1 heterocycles. The monoisotopic (exact) mass is 264 g/mol. The third-order valence-electron chi connectivity index (χ3n) is 2.12. The number of nitrogens with zero attached hydrogens (tertiary/aromatic N) is 2. The fraction of sp³-hybridized carbons (Fsp3) is 0.231. The highest BCUT2D eigenvalue weighted by molar-refractivity contribution is 5.55. The zero-order valence-electron chi connectivity index (χ0n) is 14.3. The van der Waals surface area contributed by atoms with Crippen LogP contribution in [0.25, 0.3) is 0 Å². The molecule has 0 radical (unpaired) electrons. The van der Waals surface area contributed by atoms with Gasteiger partial charge in [-0.3, -0.25) is 0 Å². The molecule has 19 heavy (non-hydrogen) atoms. The second-order valence-electron chi connectivity index (χ2n) is 3.45. The summed E-state index contributed by atoms with van der Waals surface area (Å²) >= 11 is 0. The molecular weight excluding hydrogens is 244 g/mol. The lowest BCUT2D eigenvalue weighted by Crippen LogP contribution is -2.08. The van der Waals surface area contributed by atoms with Crippen molar-refractivity contribution < 1.29 is 15.3 Å². The standard InChI is InChI=1S/C13H16N4O2/c1-19-11-4-2-10(3-5-11)16-13-15-7-6-12(17-13)14-8-9-18/h2-7,18H,8-9H2,1H3,(H2,14,15,16,17)/i2D,3D,4D,5D. The van der Waals surface area contributed by atoms with Gasteiger partial charge in [-0.2, -0.15) is 4.98 Å². The summed E-state index contributed by atoms with van der Waals surface area (Å²) in [5, 5.41) is 14.3. The van der Waals surface area contributed by atoms with Gasteiger partial charge in [0.25, 0.3) is 0 Å². The first-order valence-corrected chi connectivity index (χ1v) is 5.58. The number of ether oxygens (including phenoxy) is 1. The van der Waals surface area contributed by atoms with Crippen LogP contribution in [-0.2, 0) is 0 Å². The first-order chi connectivity index (χ1) is 11.0. The number of aromatic nitrogens is 2. The van der Waals surface area contributed by atoms with E-state index in [4.69, 9.17) is 15.3 Å². The molecule has 2 aromatic rings. The fourth-order valence-electron chi connectivity index (χ4n) is 1.28. The van der Waals surface area contributed by atoms with E-state index in [1.165, 1.54) is 13.3 Å². The second-order valence-corrected chi connectivity index (χ2v) is 3.45. The highest BCUT2D eigenvalue weighted by atomic mass is 16.5. The summed E-state index contributed by atoms with van der Waals surface area (Å²) in [6.07, 6.45) is 1.47. The predicted molar refractivity (Wildman–Crippen MR) is 73.9 cm³/mol. The number of methoxy groups -OCH3 is 1. The van der Waals surface area contributed by atoms with Gasteiger partial charge in [0.2, 0.25) is 5.95 Å². The SMILES string of the molecule is [2H]c1c([2H])c(OC)c([2H])c([2H])c1Nc1nccc(NCCO)n1. The van der Waals surface area contributed by atoms with Crippen molar-refractivity contribution in [2.24, 2.45) is 0 Å². The third-order valence-corrected chi connectivity index (χ3v) is 2.12. The smallest absolute Gasteiger partial charge is 0.229 e. The summed E-state index contributed by atoms with van der Waals surface area (Å²) in [5.41, 5.74) is -0.0416. The number of nitrogens with one attached hydrogen (secondary N) is 2. The quantitative estimate of drug-likeness (QED) is 0.736. The number of hydrogen-bond donors (Lipinski definition) is 3. The maximum absolute atomic E-state index is 8.79. The molecule has 0 saturated heterocycles. The van der Waals surface area contributed by atoms with Crippen molar-refractivity contribution in [1.29, 1.82) is 0 Å². The Morgan fingerprint density at radius 1 is 1.37 bits per heavy atom. The summed E-state index contributed by atoms with van der Waals surface area (Å²) in [6, 6.07) is 0.473. The van der Waals surface area contributed by atoms with E-state index in [1.54, 1.807) is 6.07 Å². The van der Waals surface area contributed by atoms with Gasteiger partial charge in [0.05, 0.1) is 19.2 Å². The number of hydrogen-bond acceptors (Lipinski definition) is 6. The molecule has 1 aromatic heterocycles. The van der Waals surface area contributed by atoms with Gasteiger partial charge in [-0.1, -0.05) is 0 Å². The maximum Gasteiger partial charge on any atom is 0.229 e. The van der Waals surface area contributed by atoms with Crippen LogP contribution in [0, 0.1) is 0 Å². The largest absolute Gasteiger partial charge is 0.497 e. The molecule has 0 saturated carbocycles. The van der Waals surface area contributed by atoms with Crippen LogP contribution in [0.3, 0.4) is 0 Å². The summed E-state index contributed by atoms with van der Waals surface area (Å²) < 4.78 is 36.5. The van der Waals surface area contributed by atoms with Crippen LogP contribution in [-0.4, -0.2) is 35.3 Å². The molecule has 0 unspecified atom stereocenters. The lowest BCUT2D eigenvalue weighted by atomic mass is 10.3. The molecular formula is C13H16N4O2. The average Bonchev–Trinajstić information content (AvgIpc) is 2.56. The number of rotatable bonds is 6. The predicted octanol–water partition coefficient (Wildman–Crippen LogP) is 1.63. The number of aliphatic hydroxyl groups is 1. The minimum atomic E-state index is -0.287. The molecule has 100 valence electrons. The van der Waals surface area contributed by atoms with Gasteiger partial charge in [0.1, 0.15) is 11.6 Å². The van der Waals surface area contributed by atoms with Crippen LogP contribution in [0.15, 0.2) is 36.4 Å². The first-order valence-electron chi connectivity index (χ1n) is 7.58. The lowest BCUT2D eigenvalue weighted by molar-refractivity contribution is 0.311. The normalized spacial score (nSPS) is 12.9. The lowest BCUT2D eigenvalue weighted by Gasteiger charge is -2.08. The summed E-state index contributed by atoms with van der Waals surface area (Å²) in [4.78, 5) is 8.11. The van der Waals surface area contributed by atoms with E-state index in [2.05, 4.69) is 20.6 Å². The molecule has 6 nitrogen and oxygen atoms in total. The van der Waals surface area contributed by atoms with Crippen LogP contribution < -0.4 is 15.4 Å². The van der Waals surface area contributed by atoms with Crippen LogP contribution in [0.4, 0.5) is 17.5 Å². The zero-order chi connectivity index (χ0) is 17.0. The molecule has 6 heteroatoms. The van der Waals surface area contributed by atoms with E-state index >= 15 is 0 Å². The Labute approximate surface area is 117 Å². The van der Waals surface area contributed by atoms with Crippen molar-refractivity contribution in [2.45, 2.75) is 0 Å². The molecule has 0 atom stereocenters. The molecule has 0 bridgehead atoms. The summed E-state index contributed by atoms with van der Waals surface area (Å²) in [6.45, 7) is 0.267. The number of aliphatic hydroxyl groups excluding tert-OH is 1. The van der Waals surface area contributed by atoms with E-state index in [0.29, 0.717) is 12.4 Å². The maximum atomic E-state index is 8.79. The van der Waals surface area contributed by atoms with Crippen LogP contribution in [0.1, 0.15) is 5.48 Å². The summed E-state index contributed by atoms with van der Waals surface area (Å²) in [5.74, 6) is 0.448. The highest BCUT2D eigenvalue weighted by Crippen LogP contribution is 2.18. The highest BCUT2D eigenvalue weighted by Gasteiger charge is 2.00. The first kappa shape index (κ1) is 8.71. The summed E-state index contributed by atoms with van der Waals surface area (Å²) in [7, 11) is 1.29. The van der Waals surface area contributed by atoms with Crippen molar-refractivity contribution in [3.05, 3.63) is 36.4 Å². The second kappa shape index (κ2) is 6.55. The van der Waals surface area contributed by atoms with E-state index in [-0.39, 0.29) is 48.2 Å². The van der Waals surface area contributed by atoms with Gasteiger partial charge in [-0.25, -0.2) is 4.98 Å². The van der Waals surface area contributed by atoms with E-state index in [1.807, 2.05) is 0 Å². The Balaban J connectivity index is 2.37. The Kier molecular flexibility index (Phi) is 3.00. The van der Waals surface area contributed by atoms with E-state index in [9.17, 15) is 0 Å². The van der Waals surface area contributed by atoms with Crippen molar-refractivity contribution in [1.82, 2.24) is 9.97 Å². The molecule has 0 aliphatic heterocycles. The minimum Gasteiger partial charge on any atom is -0.497 e. The van der Waals surface area contributed by atoms with Crippen LogP contribution >= 0.6 is 0 Å². The van der Waals surface area contributed by atoms with Gasteiger partial charge in [0.15, 0.2) is 0 Å². The van der Waals surface area contributed by atoms with E-state index < -0.39 is 0 Å². The Bertz CT molecular complexity index is 686. The molecule has 0 amide bonds. The van der Waals surface area contributed by atoms with Crippen molar-refractivity contribution in [2.75, 3.05) is 30.9 Å². The van der Waals surface area contributed by atoms with Crippen LogP contribution in [0.5, 0.6) is 5.75 Å². The average molecular weight is 264 g/mol. The van der Waals surface area contributed by atoms with Gasteiger partial charge in [-0.15, -0.1) is 0 Å². The van der Waals surface area contributed by atoms with Gasteiger partial charge < -0.3 is 20.5 Å². The zero-order valence-corrected chi connectivity index (χ0v) is 10.3. The molecule has 2 rings (SSSR count). The molecule has 3 N–H and O–H groups in total. The van der Waals surface area contributed by atoms with Crippen molar-refractivity contribution >= 4 is 17.5 Å². The molecule has 1 aromatic carbocycles. The topological polar surface area (TPSA) is 79.3 Å². The van der Waals surface area contributed by atoms with Gasteiger partial charge in [0, 0.05) is 18.4 Å². The van der Waals surface area contributed by atoms with Crippen molar-refractivity contribution in [3.63, 3.8) is 0 Å². The van der Waals surface area contributed by atoms with E-state index in [0.717, 1.165) is 0 Å². The fourth-order valence-corrected chi connectivity index (χ4v) is 1.28. The van der Waals surface area contributed by atoms with Gasteiger partial charge in [-0.05, 0) is 30.2 Å². The molecule has 0 spiro atoms.